The summed E-state index contributed by atoms with van der Waals surface area (Å²) in [5.41, 5.74) is 5.72. The van der Waals surface area contributed by atoms with E-state index in [1.54, 1.807) is 6.92 Å². The zero-order chi connectivity index (χ0) is 15.2. The minimum atomic E-state index is 0.199. The summed E-state index contributed by atoms with van der Waals surface area (Å²) in [7, 11) is 0. The van der Waals surface area contributed by atoms with E-state index in [-0.39, 0.29) is 5.95 Å². The first-order valence-corrected chi connectivity index (χ1v) is 6.92. The zero-order valence-electron chi connectivity index (χ0n) is 12.5. The molecule has 9 nitrogen and oxygen atoms in total. The Morgan fingerprint density at radius 1 is 1.14 bits per heavy atom. The molecule has 3 N–H and O–H groups in total. The zero-order valence-corrected chi connectivity index (χ0v) is 12.5. The van der Waals surface area contributed by atoms with Crippen molar-refractivity contribution in [2.45, 2.75) is 27.2 Å². The molecule has 0 atom stereocenters. The van der Waals surface area contributed by atoms with Crippen molar-refractivity contribution in [1.29, 1.82) is 0 Å². The Morgan fingerprint density at radius 2 is 1.90 bits per heavy atom. The predicted octanol–water partition coefficient (Wildman–Crippen LogP) is 0.646. The van der Waals surface area contributed by atoms with E-state index >= 15 is 0 Å². The van der Waals surface area contributed by atoms with Crippen LogP contribution in [0.1, 0.15) is 25.6 Å². The maximum Gasteiger partial charge on any atom is 0.231 e. The lowest BCUT2D eigenvalue weighted by Crippen LogP contribution is -2.25. The molecule has 0 bridgehead atoms. The number of aryl methyl sites for hydroxylation is 1. The number of anilines is 3. The van der Waals surface area contributed by atoms with Crippen LogP contribution in [-0.4, -0.2) is 44.7 Å². The van der Waals surface area contributed by atoms with Gasteiger partial charge in [-0.05, 0) is 13.8 Å². The van der Waals surface area contributed by atoms with Gasteiger partial charge in [0.25, 0.3) is 0 Å². The van der Waals surface area contributed by atoms with E-state index in [4.69, 9.17) is 10.3 Å². The van der Waals surface area contributed by atoms with Gasteiger partial charge in [0, 0.05) is 33.0 Å². The number of aromatic nitrogens is 5. The van der Waals surface area contributed by atoms with Crippen LogP contribution in [0.5, 0.6) is 0 Å². The fourth-order valence-corrected chi connectivity index (χ4v) is 1.84. The minimum absolute atomic E-state index is 0.199. The fraction of sp³-hybridized carbons (Fsp3) is 0.583. The maximum absolute atomic E-state index is 5.72. The lowest BCUT2D eigenvalue weighted by Gasteiger charge is -2.18. The van der Waals surface area contributed by atoms with Gasteiger partial charge < -0.3 is 20.5 Å². The molecular formula is C12H20N8O. The maximum atomic E-state index is 5.72. The van der Waals surface area contributed by atoms with E-state index in [0.717, 1.165) is 13.1 Å². The van der Waals surface area contributed by atoms with Gasteiger partial charge in [-0.25, -0.2) is 0 Å². The molecule has 9 heteroatoms. The molecule has 0 amide bonds. The van der Waals surface area contributed by atoms with Crippen LogP contribution >= 0.6 is 0 Å². The highest BCUT2D eigenvalue weighted by Gasteiger charge is 2.10. The van der Waals surface area contributed by atoms with Crippen LogP contribution in [0.15, 0.2) is 4.52 Å². The molecule has 2 heterocycles. The van der Waals surface area contributed by atoms with E-state index in [1.807, 2.05) is 18.7 Å². The third-order valence-corrected chi connectivity index (χ3v) is 2.89. The van der Waals surface area contributed by atoms with E-state index in [2.05, 4.69) is 30.4 Å². The Hall–Kier alpha value is -2.45. The van der Waals surface area contributed by atoms with Crippen LogP contribution in [0, 0.1) is 6.92 Å². The first-order chi connectivity index (χ1) is 10.1. The highest BCUT2D eigenvalue weighted by atomic mass is 16.5. The smallest absolute Gasteiger partial charge is 0.231 e. The van der Waals surface area contributed by atoms with Crippen molar-refractivity contribution in [2.75, 3.05) is 35.6 Å². The van der Waals surface area contributed by atoms with Gasteiger partial charge in [-0.15, -0.1) is 0 Å². The van der Waals surface area contributed by atoms with Crippen molar-refractivity contribution in [1.82, 2.24) is 25.1 Å². The summed E-state index contributed by atoms with van der Waals surface area (Å²) in [6, 6.07) is 0. The third-order valence-electron chi connectivity index (χ3n) is 2.89. The number of nitrogens with zero attached hydrogens (tertiary/aromatic N) is 6. The number of rotatable bonds is 7. The molecule has 21 heavy (non-hydrogen) atoms. The number of hydrogen-bond donors (Lipinski definition) is 2. The van der Waals surface area contributed by atoms with E-state index in [9.17, 15) is 0 Å². The molecule has 114 valence electrons. The number of nitrogen functional groups attached to an aromatic ring is 1. The van der Waals surface area contributed by atoms with Gasteiger partial charge >= 0.3 is 0 Å². The van der Waals surface area contributed by atoms with Crippen molar-refractivity contribution in [3.05, 3.63) is 11.7 Å². The second-order valence-corrected chi connectivity index (χ2v) is 4.40. The van der Waals surface area contributed by atoms with Gasteiger partial charge in [-0.3, -0.25) is 0 Å². The summed E-state index contributed by atoms with van der Waals surface area (Å²) in [6.45, 7) is 8.03. The number of hydrogen-bond acceptors (Lipinski definition) is 9. The summed E-state index contributed by atoms with van der Waals surface area (Å²) in [5.74, 6) is 2.42. The fourth-order valence-electron chi connectivity index (χ4n) is 1.84. The molecule has 2 rings (SSSR count). The van der Waals surface area contributed by atoms with Gasteiger partial charge in [0.05, 0.1) is 0 Å². The quantitative estimate of drug-likeness (QED) is 0.757. The predicted molar refractivity (Wildman–Crippen MR) is 79.0 cm³/mol. The van der Waals surface area contributed by atoms with Crippen LogP contribution in [-0.2, 0) is 6.42 Å². The largest absolute Gasteiger partial charge is 0.368 e. The van der Waals surface area contributed by atoms with Gasteiger partial charge in [0.1, 0.15) is 0 Å². The third kappa shape index (κ3) is 4.01. The van der Waals surface area contributed by atoms with Crippen molar-refractivity contribution in [3.63, 3.8) is 0 Å². The Balaban J connectivity index is 1.99. The molecule has 0 aromatic carbocycles. The molecule has 0 saturated heterocycles. The highest BCUT2D eigenvalue weighted by Crippen LogP contribution is 2.11. The number of nitrogens with two attached hydrogens (primary N) is 1. The molecule has 0 spiro atoms. The summed E-state index contributed by atoms with van der Waals surface area (Å²) in [4.78, 5) is 18.7. The molecule has 0 aliphatic carbocycles. The average Bonchev–Trinajstić information content (AvgIpc) is 2.85. The second-order valence-electron chi connectivity index (χ2n) is 4.40. The average molecular weight is 292 g/mol. The molecule has 2 aromatic rings. The molecule has 0 fully saturated rings. The molecule has 0 unspecified atom stereocenters. The number of nitrogens with one attached hydrogen (secondary N) is 1. The Labute approximate surface area is 123 Å². The van der Waals surface area contributed by atoms with Crippen molar-refractivity contribution >= 4 is 17.8 Å². The first kappa shape index (κ1) is 14.9. The van der Waals surface area contributed by atoms with Gasteiger partial charge in [-0.1, -0.05) is 5.16 Å². The normalized spacial score (nSPS) is 10.6. The Morgan fingerprint density at radius 3 is 2.52 bits per heavy atom. The minimum Gasteiger partial charge on any atom is -0.368 e. The highest BCUT2D eigenvalue weighted by molar-refractivity contribution is 5.41. The SMILES string of the molecule is CCN(CC)c1nc(N)nc(NCCc2noc(C)n2)n1. The molecule has 0 aliphatic heterocycles. The summed E-state index contributed by atoms with van der Waals surface area (Å²) < 4.78 is 4.91. The second kappa shape index (κ2) is 6.82. The van der Waals surface area contributed by atoms with E-state index in [0.29, 0.717) is 36.6 Å². The van der Waals surface area contributed by atoms with Crippen molar-refractivity contribution in [3.8, 4) is 0 Å². The Kier molecular flexibility index (Phi) is 4.85. The van der Waals surface area contributed by atoms with Crippen LogP contribution in [0.25, 0.3) is 0 Å². The van der Waals surface area contributed by atoms with Crippen LogP contribution in [0.2, 0.25) is 0 Å². The molecule has 0 aliphatic rings. The van der Waals surface area contributed by atoms with Crippen LogP contribution < -0.4 is 16.0 Å². The summed E-state index contributed by atoms with van der Waals surface area (Å²) in [5, 5.41) is 6.92. The first-order valence-electron chi connectivity index (χ1n) is 6.92. The van der Waals surface area contributed by atoms with Crippen LogP contribution in [0.4, 0.5) is 17.8 Å². The lowest BCUT2D eigenvalue weighted by atomic mass is 10.4. The van der Waals surface area contributed by atoms with Crippen molar-refractivity contribution in [2.24, 2.45) is 0 Å². The van der Waals surface area contributed by atoms with E-state index < -0.39 is 0 Å². The Bertz CT molecular complexity index is 580. The van der Waals surface area contributed by atoms with Gasteiger partial charge in [0.15, 0.2) is 5.82 Å². The van der Waals surface area contributed by atoms with E-state index in [1.165, 1.54) is 0 Å². The lowest BCUT2D eigenvalue weighted by molar-refractivity contribution is 0.387. The molecular weight excluding hydrogens is 272 g/mol. The van der Waals surface area contributed by atoms with Gasteiger partial charge in [-0.2, -0.15) is 19.9 Å². The topological polar surface area (TPSA) is 119 Å². The van der Waals surface area contributed by atoms with Crippen molar-refractivity contribution < 1.29 is 4.52 Å². The standard InChI is InChI=1S/C12H20N8O/c1-4-20(5-2)12-17-10(13)16-11(18-12)14-7-6-9-15-8(3)21-19-9/h4-7H2,1-3H3,(H3,13,14,16,17,18). The van der Waals surface area contributed by atoms with Crippen LogP contribution in [0.3, 0.4) is 0 Å². The molecule has 0 radical (unpaired) electrons. The summed E-state index contributed by atoms with van der Waals surface area (Å²) >= 11 is 0. The monoisotopic (exact) mass is 292 g/mol. The summed E-state index contributed by atoms with van der Waals surface area (Å²) in [6.07, 6.45) is 0.615. The molecule has 0 saturated carbocycles. The van der Waals surface area contributed by atoms with Gasteiger partial charge in [0.2, 0.25) is 23.7 Å². The molecule has 2 aromatic heterocycles.